The van der Waals surface area contributed by atoms with Gasteiger partial charge in [-0.05, 0) is 70.8 Å². The summed E-state index contributed by atoms with van der Waals surface area (Å²) in [6.45, 7) is 15.6. The Balaban J connectivity index is 1.42. The van der Waals surface area contributed by atoms with Gasteiger partial charge in [-0.3, -0.25) is 0 Å². The number of methoxy groups -OCH3 is 2. The van der Waals surface area contributed by atoms with Crippen molar-refractivity contribution in [1.82, 2.24) is 0 Å². The highest BCUT2D eigenvalue weighted by molar-refractivity contribution is 6.10. The van der Waals surface area contributed by atoms with E-state index in [2.05, 4.69) is 109 Å². The lowest BCUT2D eigenvalue weighted by Crippen LogP contribution is -2.37. The van der Waals surface area contributed by atoms with E-state index >= 15 is 0 Å². The summed E-state index contributed by atoms with van der Waals surface area (Å²) in [7, 11) is 3.36. The molecule has 3 aliphatic rings. The number of rotatable bonds is 7. The van der Waals surface area contributed by atoms with Crippen LogP contribution in [0.1, 0.15) is 54.5 Å². The summed E-state index contributed by atoms with van der Waals surface area (Å²) in [5.41, 5.74) is 8.65. The van der Waals surface area contributed by atoms with Crippen molar-refractivity contribution in [2.24, 2.45) is 0 Å². The van der Waals surface area contributed by atoms with E-state index in [1.807, 2.05) is 12.1 Å². The molecule has 0 radical (unpaired) electrons. The molecule has 0 saturated carbocycles. The summed E-state index contributed by atoms with van der Waals surface area (Å²) in [6, 6.07) is 29.7. The molecule has 2 aliphatic heterocycles. The van der Waals surface area contributed by atoms with Crippen LogP contribution in [0.3, 0.4) is 0 Å². The van der Waals surface area contributed by atoms with Crippen molar-refractivity contribution in [3.05, 3.63) is 130 Å². The normalized spacial score (nSPS) is 18.6. The van der Waals surface area contributed by atoms with Gasteiger partial charge in [-0.15, -0.1) is 0 Å². The van der Waals surface area contributed by atoms with Crippen LogP contribution in [0.4, 0.5) is 11.4 Å². The Kier molecular flexibility index (Phi) is 7.61. The molecule has 1 saturated heterocycles. The van der Waals surface area contributed by atoms with E-state index in [0.717, 1.165) is 77.9 Å². The molecule has 49 heavy (non-hydrogen) atoms. The number of hydrogen-bond donors (Lipinski definition) is 0. The van der Waals surface area contributed by atoms with Gasteiger partial charge in [-0.1, -0.05) is 80.6 Å². The molecule has 0 spiro atoms. The molecule has 0 aromatic heterocycles. The Bertz CT molecular complexity index is 2140. The minimum Gasteiger partial charge on any atom is -0.493 e. The van der Waals surface area contributed by atoms with Crippen LogP contribution in [0.25, 0.3) is 32.8 Å². The van der Waals surface area contributed by atoms with Crippen LogP contribution in [-0.4, -0.2) is 40.5 Å². The molecule has 6 heteroatoms. The molecule has 0 N–H and O–H groups in total. The van der Waals surface area contributed by atoms with Gasteiger partial charge in [-0.2, -0.15) is 0 Å². The fraction of sp³-hybridized carbons (Fsp3) is 0.279. The fourth-order valence-electron chi connectivity index (χ4n) is 8.48. The third-order valence-corrected chi connectivity index (χ3v) is 11.0. The van der Waals surface area contributed by atoms with E-state index in [9.17, 15) is 0 Å². The smallest absolute Gasteiger partial charge is 0.187 e. The zero-order valence-corrected chi connectivity index (χ0v) is 28.5. The molecule has 8 rings (SSSR count). The number of ether oxygens (including phenoxy) is 4. The van der Waals surface area contributed by atoms with Crippen molar-refractivity contribution >= 4 is 28.2 Å². The predicted molar refractivity (Wildman–Crippen MR) is 196 cm³/mol. The summed E-state index contributed by atoms with van der Waals surface area (Å²) >= 11 is 0. The highest BCUT2D eigenvalue weighted by atomic mass is 16.5. The van der Waals surface area contributed by atoms with Gasteiger partial charge in [0.15, 0.2) is 22.8 Å². The first-order valence-corrected chi connectivity index (χ1v) is 17.2. The van der Waals surface area contributed by atoms with E-state index in [1.165, 1.54) is 22.4 Å². The van der Waals surface area contributed by atoms with E-state index in [-0.39, 0.29) is 5.41 Å². The molecule has 1 atom stereocenters. The van der Waals surface area contributed by atoms with Crippen molar-refractivity contribution in [3.8, 4) is 28.4 Å². The molecule has 5 aromatic carbocycles. The minimum absolute atomic E-state index is 0.295. The highest BCUT2D eigenvalue weighted by Crippen LogP contribution is 2.61. The van der Waals surface area contributed by atoms with Crippen LogP contribution in [0.5, 0.6) is 17.2 Å². The molecule has 0 bridgehead atoms. The number of hydrogen-bond acceptors (Lipinski definition) is 5. The van der Waals surface area contributed by atoms with E-state index < -0.39 is 5.60 Å². The van der Waals surface area contributed by atoms with Gasteiger partial charge < -0.3 is 23.8 Å². The Labute approximate surface area is 288 Å². The van der Waals surface area contributed by atoms with E-state index in [4.69, 9.17) is 25.5 Å². The third-order valence-electron chi connectivity index (χ3n) is 11.0. The summed E-state index contributed by atoms with van der Waals surface area (Å²) in [5, 5.41) is 2.01. The third kappa shape index (κ3) is 4.56. The van der Waals surface area contributed by atoms with Crippen LogP contribution >= 0.6 is 0 Å². The standard InChI is InChI=1S/C43H40N2O4/c1-6-42(7-2)36-25-30(44-3)15-18-32(36)39-34-26-37(46-4)38(47-5)27-35(34)41-33(40(39)42)19-20-43(49-41,28-11-9-8-10-12-28)29-13-16-31(17-14-29)45-21-23-48-24-22-45/h8-20,25-27H,6-7,21-24H2,1-2,4-5H3. The first-order valence-electron chi connectivity index (χ1n) is 17.2. The lowest BCUT2D eigenvalue weighted by Gasteiger charge is -2.39. The Morgan fingerprint density at radius 1 is 0.816 bits per heavy atom. The van der Waals surface area contributed by atoms with Gasteiger partial charge in [-0.25, -0.2) is 4.85 Å². The monoisotopic (exact) mass is 648 g/mol. The molecule has 1 fully saturated rings. The van der Waals surface area contributed by atoms with Crippen LogP contribution in [0.2, 0.25) is 0 Å². The number of benzene rings is 5. The molecule has 2 heterocycles. The van der Waals surface area contributed by atoms with Gasteiger partial charge in [0.05, 0.1) is 34.0 Å². The Morgan fingerprint density at radius 2 is 1.49 bits per heavy atom. The predicted octanol–water partition coefficient (Wildman–Crippen LogP) is 9.68. The number of nitrogens with zero attached hydrogens (tertiary/aromatic N) is 2. The SMILES string of the molecule is [C-]#[N+]c1ccc2c(c1)C(CC)(CC)c1c3c(c4cc(OC)c(OC)cc4c1-2)OC(c1ccccc1)(c1ccc(N2CCOCC2)cc1)C=C3. The Morgan fingerprint density at radius 3 is 2.14 bits per heavy atom. The average molecular weight is 649 g/mol. The van der Waals surface area contributed by atoms with Gasteiger partial charge in [0, 0.05) is 46.3 Å². The molecule has 0 amide bonds. The Hall–Kier alpha value is -5.25. The molecule has 1 aliphatic carbocycles. The number of fused-ring (bicyclic) bond motifs is 8. The second-order valence-electron chi connectivity index (χ2n) is 13.1. The number of anilines is 1. The maximum atomic E-state index is 7.83. The molecular weight excluding hydrogens is 608 g/mol. The maximum Gasteiger partial charge on any atom is 0.187 e. The first kappa shape index (κ1) is 31.0. The van der Waals surface area contributed by atoms with E-state index in [1.54, 1.807) is 14.2 Å². The van der Waals surface area contributed by atoms with Crippen LogP contribution < -0.4 is 19.1 Å². The highest BCUT2D eigenvalue weighted by Gasteiger charge is 2.47. The molecule has 5 aromatic rings. The zero-order chi connectivity index (χ0) is 33.8. The van der Waals surface area contributed by atoms with Crippen LogP contribution in [-0.2, 0) is 15.8 Å². The zero-order valence-electron chi connectivity index (χ0n) is 28.5. The van der Waals surface area contributed by atoms with Crippen molar-refractivity contribution < 1.29 is 18.9 Å². The fourth-order valence-corrected chi connectivity index (χ4v) is 8.48. The van der Waals surface area contributed by atoms with Crippen molar-refractivity contribution in [2.75, 3.05) is 45.4 Å². The van der Waals surface area contributed by atoms with Crippen LogP contribution in [0, 0.1) is 6.57 Å². The molecular formula is C43H40N2O4. The second kappa shape index (κ2) is 12.0. The summed E-state index contributed by atoms with van der Waals surface area (Å²) in [5.74, 6) is 2.14. The first-order chi connectivity index (χ1) is 24.0. The van der Waals surface area contributed by atoms with Gasteiger partial charge in [0.2, 0.25) is 0 Å². The second-order valence-corrected chi connectivity index (χ2v) is 13.1. The molecule has 1 unspecified atom stereocenters. The topological polar surface area (TPSA) is 44.5 Å². The summed E-state index contributed by atoms with van der Waals surface area (Å²) in [4.78, 5) is 6.21. The van der Waals surface area contributed by atoms with Gasteiger partial charge in [0.25, 0.3) is 0 Å². The lowest BCUT2D eigenvalue weighted by atomic mass is 9.71. The van der Waals surface area contributed by atoms with Gasteiger partial charge in [0.1, 0.15) is 5.75 Å². The summed E-state index contributed by atoms with van der Waals surface area (Å²) in [6.07, 6.45) is 6.30. The van der Waals surface area contributed by atoms with Crippen molar-refractivity contribution in [3.63, 3.8) is 0 Å². The average Bonchev–Trinajstić information content (AvgIpc) is 3.47. The molecule has 246 valence electrons. The maximum absolute atomic E-state index is 7.83. The minimum atomic E-state index is -0.879. The van der Waals surface area contributed by atoms with Crippen molar-refractivity contribution in [2.45, 2.75) is 37.7 Å². The molecule has 6 nitrogen and oxygen atoms in total. The largest absolute Gasteiger partial charge is 0.493 e. The summed E-state index contributed by atoms with van der Waals surface area (Å²) < 4.78 is 24.9. The van der Waals surface area contributed by atoms with Crippen LogP contribution in [0.15, 0.2) is 91.0 Å². The van der Waals surface area contributed by atoms with Crippen molar-refractivity contribution in [1.29, 1.82) is 0 Å². The lowest BCUT2D eigenvalue weighted by molar-refractivity contribution is 0.122. The number of morpholine rings is 1. The quantitative estimate of drug-likeness (QED) is 0.165. The van der Waals surface area contributed by atoms with E-state index in [0.29, 0.717) is 17.2 Å². The van der Waals surface area contributed by atoms with Gasteiger partial charge >= 0.3 is 0 Å².